The minimum Gasteiger partial charge on any atom is -0.503 e. The van der Waals surface area contributed by atoms with Crippen molar-refractivity contribution in [3.8, 4) is 5.75 Å². The molecule has 0 radical (unpaired) electrons. The van der Waals surface area contributed by atoms with Gasteiger partial charge in [0.15, 0.2) is 17.1 Å². The minimum absolute atomic E-state index is 0.0340. The Bertz CT molecular complexity index is 1770. The quantitative estimate of drug-likeness (QED) is 0.235. The normalized spacial score (nSPS) is 15.4. The van der Waals surface area contributed by atoms with E-state index in [-0.39, 0.29) is 36.5 Å². The summed E-state index contributed by atoms with van der Waals surface area (Å²) in [5.74, 6) is -1.40. The van der Waals surface area contributed by atoms with Crippen LogP contribution in [-0.2, 0) is 17.9 Å². The second kappa shape index (κ2) is 11.3. The summed E-state index contributed by atoms with van der Waals surface area (Å²) in [7, 11) is 0. The van der Waals surface area contributed by atoms with Crippen LogP contribution in [0.15, 0.2) is 53.6 Å². The number of fused-ring (bicyclic) bond motifs is 2. The van der Waals surface area contributed by atoms with Crippen molar-refractivity contribution in [3.63, 3.8) is 0 Å². The summed E-state index contributed by atoms with van der Waals surface area (Å²) in [5, 5.41) is 16.2. The minimum atomic E-state index is -0.685. The highest BCUT2D eigenvalue weighted by Gasteiger charge is 2.32. The number of carbonyl (C=O) groups is 3. The molecule has 1 aliphatic heterocycles. The predicted octanol–water partition coefficient (Wildman–Crippen LogP) is 2.74. The fourth-order valence-corrected chi connectivity index (χ4v) is 5.52. The fraction of sp³-hybridized carbons (Fsp3) is 0.355. The van der Waals surface area contributed by atoms with E-state index in [9.17, 15) is 24.3 Å². The van der Waals surface area contributed by atoms with Gasteiger partial charge in [-0.1, -0.05) is 30.3 Å². The van der Waals surface area contributed by atoms with Crippen LogP contribution in [0.4, 0.5) is 0 Å². The number of nitrogens with one attached hydrogen (secondary N) is 3. The molecule has 1 saturated carbocycles. The summed E-state index contributed by atoms with van der Waals surface area (Å²) in [6.45, 7) is 4.48. The van der Waals surface area contributed by atoms with Gasteiger partial charge in [0.25, 0.3) is 11.8 Å². The number of hydrogen-bond donors (Lipinski definition) is 4. The van der Waals surface area contributed by atoms with Gasteiger partial charge in [-0.3, -0.25) is 19.2 Å². The Balaban J connectivity index is 1.20. The van der Waals surface area contributed by atoms with E-state index in [4.69, 9.17) is 0 Å². The second-order valence-corrected chi connectivity index (χ2v) is 11.3. The molecule has 43 heavy (non-hydrogen) atoms. The molecule has 0 spiro atoms. The van der Waals surface area contributed by atoms with Crippen molar-refractivity contribution in [3.05, 3.63) is 87.2 Å². The molecule has 0 bridgehead atoms. The summed E-state index contributed by atoms with van der Waals surface area (Å²) >= 11 is 0. The van der Waals surface area contributed by atoms with Gasteiger partial charge in [0.1, 0.15) is 5.52 Å². The largest absolute Gasteiger partial charge is 0.503 e. The number of carbonyl (C=O) groups excluding carboxylic acids is 3. The average Bonchev–Trinajstić information content (AvgIpc) is 3.76. The van der Waals surface area contributed by atoms with E-state index < -0.39 is 23.1 Å². The smallest absolute Gasteiger partial charge is 0.274 e. The highest BCUT2D eigenvalue weighted by Crippen LogP contribution is 2.39. The van der Waals surface area contributed by atoms with Gasteiger partial charge in [-0.25, -0.2) is 9.97 Å². The van der Waals surface area contributed by atoms with E-state index in [1.54, 1.807) is 21.9 Å². The van der Waals surface area contributed by atoms with Crippen LogP contribution in [0.3, 0.4) is 0 Å². The van der Waals surface area contributed by atoms with E-state index in [2.05, 4.69) is 25.6 Å². The highest BCUT2D eigenvalue weighted by molar-refractivity contribution is 6.04. The molecule has 1 fully saturated rings. The van der Waals surface area contributed by atoms with Gasteiger partial charge in [-0.2, -0.15) is 0 Å². The van der Waals surface area contributed by atoms with Crippen LogP contribution in [0.1, 0.15) is 82.9 Å². The van der Waals surface area contributed by atoms with E-state index >= 15 is 0 Å². The first-order chi connectivity index (χ1) is 20.7. The topological polar surface area (TPSA) is 162 Å². The van der Waals surface area contributed by atoms with E-state index in [1.165, 1.54) is 6.07 Å². The summed E-state index contributed by atoms with van der Waals surface area (Å²) < 4.78 is 1.59. The maximum Gasteiger partial charge on any atom is 0.274 e. The molecule has 1 unspecified atom stereocenters. The SMILES string of the molecule is CC(C)N1CCn2c(CNC(=O)CC(NC(=O)c3c[nH]c4ncc(C5CC5)nc34)c3ccccc3)cc(=O)c(O)c2C1=O. The highest BCUT2D eigenvalue weighted by atomic mass is 16.3. The Morgan fingerprint density at radius 2 is 1.91 bits per heavy atom. The van der Waals surface area contributed by atoms with Crippen LogP contribution in [0.25, 0.3) is 11.2 Å². The van der Waals surface area contributed by atoms with Crippen molar-refractivity contribution in [2.24, 2.45) is 0 Å². The Kier molecular flexibility index (Phi) is 7.43. The molecule has 12 heteroatoms. The number of nitrogens with zero attached hydrogens (tertiary/aromatic N) is 4. The number of aromatic amines is 1. The summed E-state index contributed by atoms with van der Waals surface area (Å²) in [5.41, 5.74) is 2.63. The lowest BCUT2D eigenvalue weighted by Crippen LogP contribution is -2.46. The molecule has 4 aromatic rings. The van der Waals surface area contributed by atoms with Crippen LogP contribution >= 0.6 is 0 Å². The van der Waals surface area contributed by atoms with Crippen LogP contribution in [0.5, 0.6) is 5.75 Å². The van der Waals surface area contributed by atoms with E-state index in [0.717, 1.165) is 24.1 Å². The molecule has 0 saturated heterocycles. The lowest BCUT2D eigenvalue weighted by Gasteiger charge is -2.34. The van der Waals surface area contributed by atoms with Gasteiger partial charge in [0.2, 0.25) is 11.3 Å². The molecule has 12 nitrogen and oxygen atoms in total. The zero-order valence-electron chi connectivity index (χ0n) is 24.0. The van der Waals surface area contributed by atoms with Gasteiger partial charge in [0.05, 0.1) is 36.5 Å². The van der Waals surface area contributed by atoms with E-state index in [0.29, 0.717) is 41.4 Å². The number of pyridine rings is 1. The summed E-state index contributed by atoms with van der Waals surface area (Å²) in [6.07, 6.45) is 5.36. The number of H-pyrrole nitrogens is 1. The molecule has 6 rings (SSSR count). The molecule has 4 N–H and O–H groups in total. The third kappa shape index (κ3) is 5.60. The number of rotatable bonds is 9. The molecule has 2 aliphatic rings. The van der Waals surface area contributed by atoms with Crippen molar-refractivity contribution >= 4 is 28.9 Å². The number of benzene rings is 1. The summed E-state index contributed by atoms with van der Waals surface area (Å²) in [4.78, 5) is 66.0. The summed E-state index contributed by atoms with van der Waals surface area (Å²) in [6, 6.07) is 9.67. The van der Waals surface area contributed by atoms with Gasteiger partial charge in [-0.05, 0) is 32.3 Å². The van der Waals surface area contributed by atoms with Gasteiger partial charge in [0, 0.05) is 43.0 Å². The first kappa shape index (κ1) is 28.1. The molecule has 3 amide bonds. The van der Waals surface area contributed by atoms with Crippen molar-refractivity contribution in [1.29, 1.82) is 0 Å². The molecule has 1 aromatic carbocycles. The van der Waals surface area contributed by atoms with Crippen molar-refractivity contribution in [1.82, 2.24) is 35.1 Å². The molecule has 1 atom stereocenters. The maximum atomic E-state index is 13.5. The standard InChI is InChI=1S/C31H33N7O5/c1-17(2)37-10-11-38-20(12-24(39)28(41)27(38)31(37)43)14-32-25(40)13-22(18-6-4-3-5-7-18)36-30(42)21-15-33-29-26(21)35-23(16-34-29)19-8-9-19/h3-7,12,15-17,19,22,41H,8-11,13-14H2,1-2H3,(H,32,40)(H,33,34)(H,36,42). The second-order valence-electron chi connectivity index (χ2n) is 11.3. The number of amides is 3. The molecule has 222 valence electrons. The Hall–Kier alpha value is -5.00. The molecule has 1 aliphatic carbocycles. The Labute approximate surface area is 247 Å². The van der Waals surface area contributed by atoms with Gasteiger partial charge in [-0.15, -0.1) is 0 Å². The molecule has 4 heterocycles. The third-order valence-electron chi connectivity index (χ3n) is 8.03. The zero-order valence-corrected chi connectivity index (χ0v) is 24.0. The molecular formula is C31H33N7O5. The average molecular weight is 584 g/mol. The molecular weight excluding hydrogens is 550 g/mol. The lowest BCUT2D eigenvalue weighted by molar-refractivity contribution is -0.121. The first-order valence-electron chi connectivity index (χ1n) is 14.4. The van der Waals surface area contributed by atoms with Crippen LogP contribution < -0.4 is 16.1 Å². The first-order valence-corrected chi connectivity index (χ1v) is 14.4. The van der Waals surface area contributed by atoms with Crippen molar-refractivity contribution in [2.45, 2.75) is 64.2 Å². The lowest BCUT2D eigenvalue weighted by atomic mass is 10.0. The van der Waals surface area contributed by atoms with Crippen LogP contribution in [0, 0.1) is 0 Å². The van der Waals surface area contributed by atoms with Crippen LogP contribution in [0.2, 0.25) is 0 Å². The number of hydrogen-bond acceptors (Lipinski definition) is 7. The van der Waals surface area contributed by atoms with Crippen molar-refractivity contribution < 1.29 is 19.5 Å². The number of aromatic nitrogens is 4. The van der Waals surface area contributed by atoms with E-state index in [1.807, 2.05) is 44.2 Å². The monoisotopic (exact) mass is 583 g/mol. The van der Waals surface area contributed by atoms with Crippen molar-refractivity contribution in [2.75, 3.05) is 6.54 Å². The van der Waals surface area contributed by atoms with Crippen LogP contribution in [-0.4, -0.2) is 59.8 Å². The predicted molar refractivity (Wildman–Crippen MR) is 158 cm³/mol. The zero-order chi connectivity index (χ0) is 30.2. The molecule has 3 aromatic heterocycles. The third-order valence-corrected chi connectivity index (χ3v) is 8.03. The maximum absolute atomic E-state index is 13.5. The van der Waals surface area contributed by atoms with Gasteiger partial charge >= 0.3 is 0 Å². The number of aromatic hydroxyl groups is 1. The van der Waals surface area contributed by atoms with Gasteiger partial charge < -0.3 is 30.2 Å². The Morgan fingerprint density at radius 1 is 1.14 bits per heavy atom. The Morgan fingerprint density at radius 3 is 2.63 bits per heavy atom. The fourth-order valence-electron chi connectivity index (χ4n) is 5.52.